The second-order valence-corrected chi connectivity index (χ2v) is 2.60. The van der Waals surface area contributed by atoms with Gasteiger partial charge in [-0.2, -0.15) is 0 Å². The van der Waals surface area contributed by atoms with Crippen molar-refractivity contribution >= 4 is 17.8 Å². The third-order valence-corrected chi connectivity index (χ3v) is 1.61. The Hall–Kier alpha value is -1.90. The summed E-state index contributed by atoms with van der Waals surface area (Å²) in [7, 11) is 1.18. The van der Waals surface area contributed by atoms with Gasteiger partial charge in [-0.05, 0) is 11.6 Å². The molecule has 72 valence electrons. The van der Waals surface area contributed by atoms with E-state index in [9.17, 15) is 9.59 Å². The Morgan fingerprint density at radius 2 is 1.86 bits per heavy atom. The van der Waals surface area contributed by atoms with E-state index in [0.717, 1.165) is 5.56 Å². The second-order valence-electron chi connectivity index (χ2n) is 2.60. The number of carbonyl (C=O) groups is 2. The molecule has 1 aromatic carbocycles. The number of ketones is 1. The predicted octanol–water partition coefficient (Wildman–Crippen LogP) is 1.44. The van der Waals surface area contributed by atoms with Crippen LogP contribution in [-0.4, -0.2) is 18.9 Å². The first-order valence-electron chi connectivity index (χ1n) is 4.09. The monoisotopic (exact) mass is 190 g/mol. The summed E-state index contributed by atoms with van der Waals surface area (Å²) < 4.78 is 4.26. The Morgan fingerprint density at radius 3 is 2.43 bits per heavy atom. The summed E-state index contributed by atoms with van der Waals surface area (Å²) in [6, 6.07) is 9.24. The smallest absolute Gasteiger partial charge is 0.378 e. The number of carbonyl (C=O) groups excluding carboxylic acids is 2. The quantitative estimate of drug-likeness (QED) is 0.411. The molecule has 0 aliphatic carbocycles. The first-order valence-corrected chi connectivity index (χ1v) is 4.09. The average molecular weight is 190 g/mol. The first kappa shape index (κ1) is 10.2. The minimum atomic E-state index is -0.850. The van der Waals surface area contributed by atoms with Crippen molar-refractivity contribution in [1.82, 2.24) is 0 Å². The van der Waals surface area contributed by atoms with Gasteiger partial charge in [0.2, 0.25) is 0 Å². The summed E-state index contributed by atoms with van der Waals surface area (Å²) in [4.78, 5) is 21.7. The standard InChI is InChI=1S/C11H10O3/c1-14-11(13)10(12)8-7-9-5-3-2-4-6-9/h2-8H,1H3. The molecule has 0 heterocycles. The molecule has 14 heavy (non-hydrogen) atoms. The van der Waals surface area contributed by atoms with Crippen molar-refractivity contribution in [3.05, 3.63) is 42.0 Å². The minimum Gasteiger partial charge on any atom is -0.463 e. The van der Waals surface area contributed by atoms with Crippen molar-refractivity contribution in [2.75, 3.05) is 7.11 Å². The van der Waals surface area contributed by atoms with Crippen molar-refractivity contribution in [3.8, 4) is 0 Å². The lowest BCUT2D eigenvalue weighted by atomic mass is 10.2. The molecule has 0 radical (unpaired) electrons. The van der Waals surface area contributed by atoms with Crippen LogP contribution in [-0.2, 0) is 14.3 Å². The molecule has 3 nitrogen and oxygen atoms in total. The van der Waals surface area contributed by atoms with Gasteiger partial charge in [-0.3, -0.25) is 4.79 Å². The van der Waals surface area contributed by atoms with Gasteiger partial charge in [-0.15, -0.1) is 0 Å². The molecule has 0 saturated heterocycles. The van der Waals surface area contributed by atoms with E-state index in [-0.39, 0.29) is 0 Å². The van der Waals surface area contributed by atoms with E-state index in [1.54, 1.807) is 6.08 Å². The largest absolute Gasteiger partial charge is 0.463 e. The van der Waals surface area contributed by atoms with Crippen molar-refractivity contribution < 1.29 is 14.3 Å². The molecular formula is C11H10O3. The zero-order valence-electron chi connectivity index (χ0n) is 7.77. The molecule has 1 aromatic rings. The van der Waals surface area contributed by atoms with Crippen molar-refractivity contribution in [1.29, 1.82) is 0 Å². The topological polar surface area (TPSA) is 43.4 Å². The molecule has 0 aliphatic heterocycles. The number of hydrogen-bond acceptors (Lipinski definition) is 3. The maximum absolute atomic E-state index is 11.0. The number of esters is 1. The fraction of sp³-hybridized carbons (Fsp3) is 0.0909. The normalized spacial score (nSPS) is 10.1. The number of ether oxygens (including phenoxy) is 1. The Bertz CT molecular complexity index is 352. The number of benzene rings is 1. The Morgan fingerprint density at radius 1 is 1.21 bits per heavy atom. The molecule has 0 fully saturated rings. The Balaban J connectivity index is 2.65. The minimum absolute atomic E-state index is 0.656. The van der Waals surface area contributed by atoms with E-state index in [1.807, 2.05) is 30.3 Å². The first-order chi connectivity index (χ1) is 6.74. The molecule has 0 amide bonds. The van der Waals surface area contributed by atoms with Crippen LogP contribution in [0.15, 0.2) is 36.4 Å². The van der Waals surface area contributed by atoms with Gasteiger partial charge in [0.1, 0.15) is 0 Å². The molecule has 0 atom stereocenters. The van der Waals surface area contributed by atoms with E-state index in [1.165, 1.54) is 13.2 Å². The maximum atomic E-state index is 11.0. The third-order valence-electron chi connectivity index (χ3n) is 1.61. The summed E-state index contributed by atoms with van der Waals surface area (Å²) in [6.07, 6.45) is 2.76. The van der Waals surface area contributed by atoms with Gasteiger partial charge >= 0.3 is 5.97 Å². The predicted molar refractivity (Wildman–Crippen MR) is 52.5 cm³/mol. The molecule has 0 bridgehead atoms. The lowest BCUT2D eigenvalue weighted by Crippen LogP contribution is -2.11. The molecule has 0 N–H and O–H groups in total. The molecule has 0 unspecified atom stereocenters. The molecular weight excluding hydrogens is 180 g/mol. The Labute approximate surface area is 82.0 Å². The van der Waals surface area contributed by atoms with Crippen LogP contribution in [0.2, 0.25) is 0 Å². The summed E-state index contributed by atoms with van der Waals surface area (Å²) in [5.74, 6) is -1.51. The van der Waals surface area contributed by atoms with E-state index in [2.05, 4.69) is 4.74 Å². The summed E-state index contributed by atoms with van der Waals surface area (Å²) in [6.45, 7) is 0. The van der Waals surface area contributed by atoms with Gasteiger partial charge in [0, 0.05) is 0 Å². The molecule has 3 heteroatoms. The van der Waals surface area contributed by atoms with Gasteiger partial charge in [0.25, 0.3) is 5.78 Å². The van der Waals surface area contributed by atoms with Gasteiger partial charge in [-0.25, -0.2) is 4.79 Å². The number of methoxy groups -OCH3 is 1. The van der Waals surface area contributed by atoms with Crippen LogP contribution in [0.3, 0.4) is 0 Å². The van der Waals surface area contributed by atoms with Gasteiger partial charge < -0.3 is 4.74 Å². The van der Waals surface area contributed by atoms with Gasteiger partial charge in [0.15, 0.2) is 0 Å². The lowest BCUT2D eigenvalue weighted by molar-refractivity contribution is -0.149. The lowest BCUT2D eigenvalue weighted by Gasteiger charge is -1.92. The van der Waals surface area contributed by atoms with Crippen LogP contribution >= 0.6 is 0 Å². The third kappa shape index (κ3) is 2.86. The summed E-state index contributed by atoms with van der Waals surface area (Å²) in [5.41, 5.74) is 0.866. The highest BCUT2D eigenvalue weighted by Crippen LogP contribution is 2.00. The van der Waals surface area contributed by atoms with Crippen LogP contribution in [0.1, 0.15) is 5.56 Å². The van der Waals surface area contributed by atoms with Crippen LogP contribution in [0.4, 0.5) is 0 Å². The molecule has 0 aliphatic rings. The highest BCUT2D eigenvalue weighted by Gasteiger charge is 2.08. The molecule has 0 aromatic heterocycles. The zero-order valence-corrected chi connectivity index (χ0v) is 7.77. The second kappa shape index (κ2) is 4.97. The summed E-state index contributed by atoms with van der Waals surface area (Å²) in [5, 5.41) is 0. The average Bonchev–Trinajstić information content (AvgIpc) is 2.26. The van der Waals surface area contributed by atoms with Crippen LogP contribution < -0.4 is 0 Å². The van der Waals surface area contributed by atoms with Crippen molar-refractivity contribution in [2.24, 2.45) is 0 Å². The highest BCUT2D eigenvalue weighted by molar-refractivity contribution is 6.39. The van der Waals surface area contributed by atoms with E-state index < -0.39 is 11.8 Å². The Kier molecular flexibility index (Phi) is 3.61. The fourth-order valence-corrected chi connectivity index (χ4v) is 0.905. The van der Waals surface area contributed by atoms with Crippen molar-refractivity contribution in [3.63, 3.8) is 0 Å². The van der Waals surface area contributed by atoms with Gasteiger partial charge in [0.05, 0.1) is 7.11 Å². The highest BCUT2D eigenvalue weighted by atomic mass is 16.5. The molecule has 0 spiro atoms. The fourth-order valence-electron chi connectivity index (χ4n) is 0.905. The SMILES string of the molecule is COC(=O)C(=O)C=Cc1ccccc1. The van der Waals surface area contributed by atoms with E-state index in [4.69, 9.17) is 0 Å². The van der Waals surface area contributed by atoms with Crippen LogP contribution in [0, 0.1) is 0 Å². The number of rotatable bonds is 3. The van der Waals surface area contributed by atoms with Crippen LogP contribution in [0.5, 0.6) is 0 Å². The zero-order chi connectivity index (χ0) is 10.4. The molecule has 1 rings (SSSR count). The van der Waals surface area contributed by atoms with Crippen LogP contribution in [0.25, 0.3) is 6.08 Å². The van der Waals surface area contributed by atoms with Crippen molar-refractivity contribution in [2.45, 2.75) is 0 Å². The van der Waals surface area contributed by atoms with E-state index >= 15 is 0 Å². The van der Waals surface area contributed by atoms with E-state index in [0.29, 0.717) is 0 Å². The van der Waals surface area contributed by atoms with Gasteiger partial charge in [-0.1, -0.05) is 36.4 Å². The maximum Gasteiger partial charge on any atom is 0.378 e. The molecule has 0 saturated carbocycles. The number of hydrogen-bond donors (Lipinski definition) is 0. The summed E-state index contributed by atoms with van der Waals surface area (Å²) >= 11 is 0.